The number of hydrogen-bond donors (Lipinski definition) is 1. The average Bonchev–Trinajstić information content (AvgIpc) is 3.24. The fourth-order valence-corrected chi connectivity index (χ4v) is 4.08. The molecule has 124 valence electrons. The van der Waals surface area contributed by atoms with Gasteiger partial charge in [-0.3, -0.25) is 4.79 Å². The predicted octanol–water partition coefficient (Wildman–Crippen LogP) is 3.51. The zero-order valence-corrected chi connectivity index (χ0v) is 14.7. The van der Waals surface area contributed by atoms with Crippen LogP contribution in [0.2, 0.25) is 0 Å². The highest BCUT2D eigenvalue weighted by Gasteiger charge is 2.13. The van der Waals surface area contributed by atoms with E-state index in [1.165, 1.54) is 11.8 Å². The van der Waals surface area contributed by atoms with Crippen LogP contribution < -0.4 is 5.32 Å². The number of aromatic nitrogens is 1. The van der Waals surface area contributed by atoms with Crippen LogP contribution in [0.5, 0.6) is 0 Å². The molecule has 3 aromatic rings. The van der Waals surface area contributed by atoms with Crippen LogP contribution in [0.15, 0.2) is 36.4 Å². The number of methoxy groups -OCH3 is 1. The van der Waals surface area contributed by atoms with Crippen molar-refractivity contribution in [3.63, 3.8) is 0 Å². The first-order chi connectivity index (χ1) is 11.7. The van der Waals surface area contributed by atoms with Crippen LogP contribution in [0.1, 0.15) is 30.8 Å². The Bertz CT molecular complexity index is 836. The Morgan fingerprint density at radius 3 is 2.71 bits per heavy atom. The highest BCUT2D eigenvalue weighted by molar-refractivity contribution is 7.18. The normalized spacial score (nSPS) is 10.7. The van der Waals surface area contributed by atoms with Gasteiger partial charge in [0.05, 0.1) is 27.2 Å². The molecule has 0 radical (unpaired) electrons. The molecule has 1 aromatic carbocycles. The second-order valence-corrected chi connectivity index (χ2v) is 7.29. The Balaban J connectivity index is 1.48. The van der Waals surface area contributed by atoms with E-state index in [1.807, 2.05) is 18.2 Å². The van der Waals surface area contributed by atoms with E-state index in [0.717, 1.165) is 34.7 Å². The molecule has 0 aliphatic carbocycles. The number of benzene rings is 1. The molecule has 0 unspecified atom stereocenters. The van der Waals surface area contributed by atoms with Crippen molar-refractivity contribution in [3.8, 4) is 0 Å². The quantitative estimate of drug-likeness (QED) is 0.539. The molecule has 1 amide bonds. The molecule has 0 aliphatic rings. The molecular weight excluding hydrogens is 344 g/mol. The van der Waals surface area contributed by atoms with Crippen LogP contribution in [-0.2, 0) is 11.2 Å². The van der Waals surface area contributed by atoms with E-state index in [9.17, 15) is 9.59 Å². The van der Waals surface area contributed by atoms with Crippen molar-refractivity contribution in [2.24, 2.45) is 0 Å². The van der Waals surface area contributed by atoms with Crippen LogP contribution in [0.3, 0.4) is 0 Å². The minimum absolute atomic E-state index is 0.167. The fraction of sp³-hybridized carbons (Fsp3) is 0.235. The van der Waals surface area contributed by atoms with Crippen molar-refractivity contribution < 1.29 is 14.3 Å². The molecule has 0 saturated heterocycles. The Labute approximate surface area is 147 Å². The SMILES string of the molecule is COC(=O)c1ccc(C(=O)NCCCc2nc3ccccc3s2)s1. The summed E-state index contributed by atoms with van der Waals surface area (Å²) in [5.74, 6) is -0.589. The number of thiophene rings is 1. The summed E-state index contributed by atoms with van der Waals surface area (Å²) in [6.45, 7) is 0.570. The van der Waals surface area contributed by atoms with Crippen molar-refractivity contribution in [1.29, 1.82) is 0 Å². The van der Waals surface area contributed by atoms with E-state index in [1.54, 1.807) is 23.5 Å². The maximum atomic E-state index is 12.1. The summed E-state index contributed by atoms with van der Waals surface area (Å²) in [5, 5.41) is 3.95. The van der Waals surface area contributed by atoms with Gasteiger partial charge in [-0.15, -0.1) is 22.7 Å². The standard InChI is InChI=1S/C17H16N2O3S2/c1-22-17(21)14-9-8-13(23-14)16(20)18-10-4-7-15-19-11-5-2-3-6-12(11)24-15/h2-3,5-6,8-9H,4,7,10H2,1H3,(H,18,20). The van der Waals surface area contributed by atoms with E-state index in [2.05, 4.69) is 21.1 Å². The smallest absolute Gasteiger partial charge is 0.348 e. The Hall–Kier alpha value is -2.25. The number of esters is 1. The van der Waals surface area contributed by atoms with Gasteiger partial charge in [-0.25, -0.2) is 9.78 Å². The topological polar surface area (TPSA) is 68.3 Å². The van der Waals surface area contributed by atoms with Crippen LogP contribution in [0, 0.1) is 0 Å². The zero-order chi connectivity index (χ0) is 16.9. The van der Waals surface area contributed by atoms with Gasteiger partial charge < -0.3 is 10.1 Å². The van der Waals surface area contributed by atoms with E-state index in [4.69, 9.17) is 0 Å². The number of hydrogen-bond acceptors (Lipinski definition) is 6. The summed E-state index contributed by atoms with van der Waals surface area (Å²) in [7, 11) is 1.32. The number of nitrogens with zero attached hydrogens (tertiary/aromatic N) is 1. The number of aryl methyl sites for hydroxylation is 1. The summed E-state index contributed by atoms with van der Waals surface area (Å²) in [5.41, 5.74) is 1.02. The lowest BCUT2D eigenvalue weighted by Crippen LogP contribution is -2.23. The molecule has 5 nitrogen and oxygen atoms in total. The van der Waals surface area contributed by atoms with Crippen molar-refractivity contribution in [1.82, 2.24) is 10.3 Å². The predicted molar refractivity (Wildman–Crippen MR) is 95.9 cm³/mol. The number of rotatable bonds is 6. The lowest BCUT2D eigenvalue weighted by Gasteiger charge is -2.02. The molecule has 2 heterocycles. The molecule has 24 heavy (non-hydrogen) atoms. The molecule has 0 bridgehead atoms. The maximum Gasteiger partial charge on any atom is 0.348 e. The zero-order valence-electron chi connectivity index (χ0n) is 13.1. The van der Waals surface area contributed by atoms with Crippen molar-refractivity contribution in [2.45, 2.75) is 12.8 Å². The van der Waals surface area contributed by atoms with Crippen LogP contribution in [0.25, 0.3) is 10.2 Å². The van der Waals surface area contributed by atoms with Gasteiger partial charge in [0.1, 0.15) is 4.88 Å². The van der Waals surface area contributed by atoms with Crippen LogP contribution in [-0.4, -0.2) is 30.5 Å². The van der Waals surface area contributed by atoms with E-state index >= 15 is 0 Å². The number of thiazole rings is 1. The van der Waals surface area contributed by atoms with Gasteiger partial charge in [0, 0.05) is 13.0 Å². The van der Waals surface area contributed by atoms with Gasteiger partial charge in [-0.05, 0) is 30.7 Å². The fourth-order valence-electron chi connectivity index (χ4n) is 2.23. The molecule has 2 aromatic heterocycles. The number of fused-ring (bicyclic) bond motifs is 1. The number of para-hydroxylation sites is 1. The number of nitrogens with one attached hydrogen (secondary N) is 1. The second kappa shape index (κ2) is 7.55. The van der Waals surface area contributed by atoms with E-state index in [0.29, 0.717) is 16.3 Å². The molecule has 0 saturated carbocycles. The molecule has 1 N–H and O–H groups in total. The minimum atomic E-state index is -0.421. The number of carbonyl (C=O) groups excluding carboxylic acids is 2. The molecule has 0 atom stereocenters. The summed E-state index contributed by atoms with van der Waals surface area (Å²) >= 11 is 2.82. The summed E-state index contributed by atoms with van der Waals surface area (Å²) < 4.78 is 5.82. The molecular formula is C17H16N2O3S2. The van der Waals surface area contributed by atoms with Gasteiger partial charge in [0.15, 0.2) is 0 Å². The van der Waals surface area contributed by atoms with Gasteiger partial charge in [-0.1, -0.05) is 12.1 Å². The second-order valence-electron chi connectivity index (χ2n) is 5.09. The van der Waals surface area contributed by atoms with Crippen molar-refractivity contribution in [2.75, 3.05) is 13.7 Å². The Morgan fingerprint density at radius 1 is 1.12 bits per heavy atom. The first kappa shape index (κ1) is 16.6. The first-order valence-corrected chi connectivity index (χ1v) is 9.11. The van der Waals surface area contributed by atoms with Crippen LogP contribution >= 0.6 is 22.7 Å². The largest absolute Gasteiger partial charge is 0.465 e. The number of ether oxygens (including phenoxy) is 1. The van der Waals surface area contributed by atoms with Gasteiger partial charge in [0.2, 0.25) is 0 Å². The highest BCUT2D eigenvalue weighted by Crippen LogP contribution is 2.22. The van der Waals surface area contributed by atoms with Gasteiger partial charge >= 0.3 is 5.97 Å². The molecule has 7 heteroatoms. The van der Waals surface area contributed by atoms with E-state index in [-0.39, 0.29) is 5.91 Å². The molecule has 0 aliphatic heterocycles. The third-order valence-corrected chi connectivity index (χ3v) is 5.57. The summed E-state index contributed by atoms with van der Waals surface area (Å²) in [4.78, 5) is 29.0. The lowest BCUT2D eigenvalue weighted by atomic mass is 10.3. The summed E-state index contributed by atoms with van der Waals surface area (Å²) in [6.07, 6.45) is 1.65. The third kappa shape index (κ3) is 3.80. The lowest BCUT2D eigenvalue weighted by molar-refractivity contribution is 0.0606. The molecule has 0 spiro atoms. The van der Waals surface area contributed by atoms with Crippen LogP contribution in [0.4, 0.5) is 0 Å². The van der Waals surface area contributed by atoms with Crippen molar-refractivity contribution in [3.05, 3.63) is 51.2 Å². The minimum Gasteiger partial charge on any atom is -0.465 e. The Kier molecular flexibility index (Phi) is 5.22. The maximum absolute atomic E-state index is 12.1. The van der Waals surface area contributed by atoms with Gasteiger partial charge in [-0.2, -0.15) is 0 Å². The first-order valence-electron chi connectivity index (χ1n) is 7.48. The monoisotopic (exact) mass is 360 g/mol. The molecule has 3 rings (SSSR count). The molecule has 0 fully saturated rings. The average molecular weight is 360 g/mol. The van der Waals surface area contributed by atoms with E-state index < -0.39 is 5.97 Å². The van der Waals surface area contributed by atoms with Crippen molar-refractivity contribution >= 4 is 44.8 Å². The summed E-state index contributed by atoms with van der Waals surface area (Å²) in [6, 6.07) is 11.3. The third-order valence-electron chi connectivity index (χ3n) is 3.41. The number of carbonyl (C=O) groups is 2. The van der Waals surface area contributed by atoms with Gasteiger partial charge in [0.25, 0.3) is 5.91 Å². The number of amides is 1. The highest BCUT2D eigenvalue weighted by atomic mass is 32.1. The Morgan fingerprint density at radius 2 is 1.92 bits per heavy atom.